The largest absolute Gasteiger partial charge is 0.346 e. The number of ether oxygens (including phenoxy) is 3. The van der Waals surface area contributed by atoms with E-state index in [1.807, 2.05) is 13.8 Å². The molecule has 0 radical (unpaired) electrons. The second-order valence-electron chi connectivity index (χ2n) is 5.30. The summed E-state index contributed by atoms with van der Waals surface area (Å²) in [6, 6.07) is 0. The van der Waals surface area contributed by atoms with Crippen LogP contribution in [0.25, 0.3) is 0 Å². The van der Waals surface area contributed by atoms with Crippen molar-refractivity contribution in [1.82, 2.24) is 0 Å². The van der Waals surface area contributed by atoms with Gasteiger partial charge >= 0.3 is 0 Å². The molecular formula is C12H20O3S2. The van der Waals surface area contributed by atoms with Crippen LogP contribution in [0.1, 0.15) is 33.1 Å². The van der Waals surface area contributed by atoms with Crippen LogP contribution < -0.4 is 0 Å². The zero-order chi connectivity index (χ0) is 11.9. The summed E-state index contributed by atoms with van der Waals surface area (Å²) >= 11 is 4.16. The average molecular weight is 276 g/mol. The molecule has 3 aliphatic rings. The van der Waals surface area contributed by atoms with Gasteiger partial charge in [-0.25, -0.2) is 0 Å². The first-order valence-electron chi connectivity index (χ1n) is 6.37. The molecule has 0 bridgehead atoms. The van der Waals surface area contributed by atoms with Gasteiger partial charge in [0.1, 0.15) is 6.10 Å². The molecule has 3 saturated heterocycles. The summed E-state index contributed by atoms with van der Waals surface area (Å²) in [7, 11) is 0. The van der Waals surface area contributed by atoms with Gasteiger partial charge < -0.3 is 14.2 Å². The van der Waals surface area contributed by atoms with Crippen LogP contribution in [0.4, 0.5) is 0 Å². The lowest BCUT2D eigenvalue weighted by molar-refractivity contribution is -0.204. The first kappa shape index (κ1) is 12.6. The van der Waals surface area contributed by atoms with E-state index in [9.17, 15) is 0 Å². The molecular weight excluding hydrogens is 256 g/mol. The average Bonchev–Trinajstić information content (AvgIpc) is 2.72. The number of thioether (sulfide) groups is 2. The van der Waals surface area contributed by atoms with Crippen molar-refractivity contribution in [2.45, 2.75) is 62.0 Å². The Morgan fingerprint density at radius 1 is 1.18 bits per heavy atom. The van der Waals surface area contributed by atoms with Crippen LogP contribution in [-0.2, 0) is 14.2 Å². The Morgan fingerprint density at radius 2 is 1.94 bits per heavy atom. The van der Waals surface area contributed by atoms with Gasteiger partial charge in [-0.2, -0.15) is 0 Å². The summed E-state index contributed by atoms with van der Waals surface area (Å²) in [4.78, 5) is 0. The third-order valence-electron chi connectivity index (χ3n) is 3.31. The summed E-state index contributed by atoms with van der Waals surface area (Å²) < 4.78 is 18.2. The van der Waals surface area contributed by atoms with Crippen LogP contribution in [0.5, 0.6) is 0 Å². The molecule has 3 heterocycles. The van der Waals surface area contributed by atoms with E-state index in [0.29, 0.717) is 10.7 Å². The molecule has 0 aromatic carbocycles. The van der Waals surface area contributed by atoms with Gasteiger partial charge in [-0.3, -0.25) is 0 Å². The Bertz CT molecular complexity index is 263. The quantitative estimate of drug-likeness (QED) is 0.773. The molecule has 3 aliphatic heterocycles. The molecule has 0 aromatic heterocycles. The molecule has 0 saturated carbocycles. The van der Waals surface area contributed by atoms with Gasteiger partial charge in [0.15, 0.2) is 12.1 Å². The van der Waals surface area contributed by atoms with E-state index in [2.05, 4.69) is 23.5 Å². The van der Waals surface area contributed by atoms with Gasteiger partial charge in [-0.15, -0.1) is 23.5 Å². The summed E-state index contributed by atoms with van der Waals surface area (Å²) in [5, 5.41) is 0. The number of hydrogen-bond donors (Lipinski definition) is 0. The maximum Gasteiger partial charge on any atom is 0.187 e. The summed E-state index contributed by atoms with van der Waals surface area (Å²) in [5.41, 5.74) is 0. The van der Waals surface area contributed by atoms with Gasteiger partial charge in [0, 0.05) is 6.42 Å². The lowest BCUT2D eigenvalue weighted by Crippen LogP contribution is -2.25. The molecule has 0 amide bonds. The van der Waals surface area contributed by atoms with E-state index in [1.54, 1.807) is 0 Å². The summed E-state index contributed by atoms with van der Waals surface area (Å²) in [5.74, 6) is 2.14. The van der Waals surface area contributed by atoms with Crippen molar-refractivity contribution < 1.29 is 14.2 Å². The minimum atomic E-state index is -0.464. The van der Waals surface area contributed by atoms with Crippen LogP contribution >= 0.6 is 23.5 Å². The van der Waals surface area contributed by atoms with E-state index < -0.39 is 5.79 Å². The van der Waals surface area contributed by atoms with Gasteiger partial charge in [0.25, 0.3) is 0 Å². The fraction of sp³-hybridized carbons (Fsp3) is 1.00. The van der Waals surface area contributed by atoms with Gasteiger partial charge in [0.2, 0.25) is 0 Å². The topological polar surface area (TPSA) is 27.7 Å². The van der Waals surface area contributed by atoms with Gasteiger partial charge in [-0.05, 0) is 38.2 Å². The summed E-state index contributed by atoms with van der Waals surface area (Å²) in [6.07, 6.45) is 3.82. The third kappa shape index (κ3) is 2.95. The van der Waals surface area contributed by atoms with Gasteiger partial charge in [0.05, 0.1) is 10.7 Å². The van der Waals surface area contributed by atoms with Crippen molar-refractivity contribution in [2.24, 2.45) is 0 Å². The lowest BCUT2D eigenvalue weighted by Gasteiger charge is -2.25. The Hall–Kier alpha value is 0.580. The first-order valence-corrected chi connectivity index (χ1v) is 8.46. The third-order valence-corrected chi connectivity index (χ3v) is 6.31. The second-order valence-corrected chi connectivity index (χ2v) is 8.22. The van der Waals surface area contributed by atoms with E-state index in [4.69, 9.17) is 14.2 Å². The molecule has 98 valence electrons. The number of hydrogen-bond acceptors (Lipinski definition) is 5. The smallest absolute Gasteiger partial charge is 0.187 e. The van der Waals surface area contributed by atoms with Crippen molar-refractivity contribution in [1.29, 1.82) is 0 Å². The highest BCUT2D eigenvalue weighted by Crippen LogP contribution is 2.41. The highest BCUT2D eigenvalue weighted by Gasteiger charge is 2.48. The fourth-order valence-electron chi connectivity index (χ4n) is 2.62. The molecule has 3 fully saturated rings. The zero-order valence-corrected chi connectivity index (χ0v) is 12.0. The van der Waals surface area contributed by atoms with E-state index >= 15 is 0 Å². The minimum absolute atomic E-state index is 0.131. The normalized spacial score (nSPS) is 41.6. The molecule has 0 N–H and O–H groups in total. The van der Waals surface area contributed by atoms with Crippen LogP contribution in [-0.4, -0.2) is 40.4 Å². The predicted molar refractivity (Wildman–Crippen MR) is 71.3 cm³/mol. The molecule has 17 heavy (non-hydrogen) atoms. The zero-order valence-electron chi connectivity index (χ0n) is 10.4. The van der Waals surface area contributed by atoms with E-state index in [-0.39, 0.29) is 12.4 Å². The summed E-state index contributed by atoms with van der Waals surface area (Å²) in [6.45, 7) is 3.91. The monoisotopic (exact) mass is 276 g/mol. The maximum absolute atomic E-state index is 5.95. The molecule has 0 spiro atoms. The molecule has 5 heteroatoms. The molecule has 3 rings (SSSR count). The minimum Gasteiger partial charge on any atom is -0.346 e. The van der Waals surface area contributed by atoms with E-state index in [0.717, 1.165) is 12.8 Å². The van der Waals surface area contributed by atoms with E-state index in [1.165, 1.54) is 17.9 Å². The fourth-order valence-corrected chi connectivity index (χ4v) is 5.62. The van der Waals surface area contributed by atoms with Crippen LogP contribution in [0.3, 0.4) is 0 Å². The Morgan fingerprint density at radius 3 is 2.65 bits per heavy atom. The van der Waals surface area contributed by atoms with Crippen molar-refractivity contribution in [3.63, 3.8) is 0 Å². The van der Waals surface area contributed by atoms with Gasteiger partial charge in [-0.1, -0.05) is 0 Å². The van der Waals surface area contributed by atoms with Crippen molar-refractivity contribution in [3.8, 4) is 0 Å². The second kappa shape index (κ2) is 4.93. The van der Waals surface area contributed by atoms with Crippen molar-refractivity contribution in [3.05, 3.63) is 0 Å². The molecule has 0 aliphatic carbocycles. The SMILES string of the molecule is CC1(C)O[C@H]2O[C@H](CC3SCCCS3)C[C@H]2O1. The van der Waals surface area contributed by atoms with Crippen LogP contribution in [0.2, 0.25) is 0 Å². The molecule has 0 aromatic rings. The number of rotatable bonds is 2. The Kier molecular flexibility index (Phi) is 3.65. The number of fused-ring (bicyclic) bond motifs is 1. The van der Waals surface area contributed by atoms with Crippen LogP contribution in [0.15, 0.2) is 0 Å². The lowest BCUT2D eigenvalue weighted by atomic mass is 10.1. The molecule has 3 nitrogen and oxygen atoms in total. The highest BCUT2D eigenvalue weighted by atomic mass is 32.2. The van der Waals surface area contributed by atoms with Crippen molar-refractivity contribution in [2.75, 3.05) is 11.5 Å². The predicted octanol–water partition coefficient (Wildman–Crippen LogP) is 2.84. The van der Waals surface area contributed by atoms with Crippen molar-refractivity contribution >= 4 is 23.5 Å². The first-order chi connectivity index (χ1) is 8.12. The molecule has 3 atom stereocenters. The van der Waals surface area contributed by atoms with Crippen LogP contribution in [0, 0.1) is 0 Å². The highest BCUT2D eigenvalue weighted by molar-refractivity contribution is 8.17. The Balaban J connectivity index is 1.49. The molecule has 0 unspecified atom stereocenters. The standard InChI is InChI=1S/C12H20O3S2/c1-12(2)14-9-6-8(13-11(9)15-12)7-10-16-4-3-5-17-10/h8-11H,3-7H2,1-2H3/t8-,9+,11+/m0/s1. The Labute approximate surface area is 111 Å². The maximum atomic E-state index is 5.95.